The molecule has 1 atom stereocenters. The first-order valence-corrected chi connectivity index (χ1v) is 13.4. The molecule has 0 unspecified atom stereocenters. The quantitative estimate of drug-likeness (QED) is 0.177. The van der Waals surface area contributed by atoms with Crippen LogP contribution in [0.25, 0.3) is 22.0 Å². The summed E-state index contributed by atoms with van der Waals surface area (Å²) in [4.78, 5) is 24.8. The lowest BCUT2D eigenvalue weighted by molar-refractivity contribution is -0.138. The number of carboxylic acids is 1. The lowest BCUT2D eigenvalue weighted by Gasteiger charge is -2.17. The molecule has 0 fully saturated rings. The van der Waals surface area contributed by atoms with Crippen molar-refractivity contribution in [2.24, 2.45) is 0 Å². The average Bonchev–Trinajstić information content (AvgIpc) is 3.39. The maximum absolute atomic E-state index is 14.4. The summed E-state index contributed by atoms with van der Waals surface area (Å²) in [5.41, 5.74) is -0.448. The monoisotopic (exact) mass is 628 g/mol. The molecule has 0 saturated carbocycles. The molecule has 0 spiro atoms. The number of amides is 1. The fourth-order valence-corrected chi connectivity index (χ4v) is 5.07. The SMILES string of the molecule is C[C@@H](NC(=O)c1ccc(-c2cc(F)cc(C(F)(F)F)c2)c2ccn(Cc3ccc(C(F)(F)F)cc3)c12)c1ccc(C(=O)O)cc1. The van der Waals surface area contributed by atoms with Crippen LogP contribution in [0, 0.1) is 5.82 Å². The van der Waals surface area contributed by atoms with Gasteiger partial charge in [0, 0.05) is 18.1 Å². The first kappa shape index (κ1) is 31.3. The van der Waals surface area contributed by atoms with E-state index < -0.39 is 47.2 Å². The summed E-state index contributed by atoms with van der Waals surface area (Å²) in [7, 11) is 0. The van der Waals surface area contributed by atoms with E-state index in [0.717, 1.165) is 24.3 Å². The second kappa shape index (κ2) is 11.8. The molecule has 12 heteroatoms. The van der Waals surface area contributed by atoms with Crippen molar-refractivity contribution in [2.45, 2.75) is 31.9 Å². The molecule has 2 N–H and O–H groups in total. The Bertz CT molecular complexity index is 1890. The molecule has 4 aromatic carbocycles. The van der Waals surface area contributed by atoms with E-state index in [9.17, 15) is 40.3 Å². The summed E-state index contributed by atoms with van der Waals surface area (Å²) in [6.45, 7) is 1.68. The molecule has 5 nitrogen and oxygen atoms in total. The number of hydrogen-bond donors (Lipinski definition) is 2. The fourth-order valence-electron chi connectivity index (χ4n) is 5.07. The van der Waals surface area contributed by atoms with Crippen molar-refractivity contribution in [3.05, 3.63) is 130 Å². The van der Waals surface area contributed by atoms with Gasteiger partial charge in [-0.25, -0.2) is 9.18 Å². The highest BCUT2D eigenvalue weighted by atomic mass is 19.4. The summed E-state index contributed by atoms with van der Waals surface area (Å²) in [5.74, 6) is -2.80. The summed E-state index contributed by atoms with van der Waals surface area (Å²) < 4.78 is 95.7. The van der Waals surface area contributed by atoms with Gasteiger partial charge < -0.3 is 15.0 Å². The summed E-state index contributed by atoms with van der Waals surface area (Å²) >= 11 is 0. The predicted molar refractivity (Wildman–Crippen MR) is 152 cm³/mol. The Kier molecular flexibility index (Phi) is 8.17. The topological polar surface area (TPSA) is 71.3 Å². The van der Waals surface area contributed by atoms with Crippen LogP contribution in [0.15, 0.2) is 91.1 Å². The number of carbonyl (C=O) groups is 2. The first-order chi connectivity index (χ1) is 21.1. The predicted octanol–water partition coefficient (Wildman–Crippen LogP) is 8.72. The third kappa shape index (κ3) is 6.69. The smallest absolute Gasteiger partial charge is 0.416 e. The van der Waals surface area contributed by atoms with Crippen molar-refractivity contribution >= 4 is 22.8 Å². The Morgan fingerprint density at radius 1 is 0.822 bits per heavy atom. The lowest BCUT2D eigenvalue weighted by Crippen LogP contribution is -2.27. The molecular weight excluding hydrogens is 605 g/mol. The number of nitrogens with zero attached hydrogens (tertiary/aromatic N) is 1. The zero-order chi connectivity index (χ0) is 32.7. The van der Waals surface area contributed by atoms with Crippen LogP contribution in [0.3, 0.4) is 0 Å². The molecule has 45 heavy (non-hydrogen) atoms. The first-order valence-electron chi connectivity index (χ1n) is 13.4. The molecule has 5 rings (SSSR count). The standard InChI is InChI=1S/C33H23F7N2O3/c1-18(20-4-6-21(7-5-20)31(44)45)41-30(43)28-11-10-26(22-14-24(33(38,39)40)16-25(34)15-22)27-12-13-42(29(27)28)17-19-2-8-23(9-3-19)32(35,36)37/h2-16,18H,17H2,1H3,(H,41,43)(H,44,45)/t18-/m1/s1. The fraction of sp³-hybridized carbons (Fsp3) is 0.152. The molecule has 232 valence electrons. The Morgan fingerprint density at radius 2 is 1.47 bits per heavy atom. The van der Waals surface area contributed by atoms with Crippen LogP contribution in [0.1, 0.15) is 55.9 Å². The van der Waals surface area contributed by atoms with Gasteiger partial charge in [0.2, 0.25) is 0 Å². The van der Waals surface area contributed by atoms with Crippen molar-refractivity contribution in [1.82, 2.24) is 9.88 Å². The third-order valence-corrected chi connectivity index (χ3v) is 7.35. The Morgan fingerprint density at radius 3 is 2.07 bits per heavy atom. The van der Waals surface area contributed by atoms with Gasteiger partial charge in [-0.3, -0.25) is 4.79 Å². The van der Waals surface area contributed by atoms with E-state index in [1.54, 1.807) is 29.8 Å². The van der Waals surface area contributed by atoms with E-state index >= 15 is 0 Å². The van der Waals surface area contributed by atoms with Gasteiger partial charge in [0.05, 0.1) is 33.8 Å². The molecule has 0 aliphatic rings. The minimum atomic E-state index is -4.82. The maximum atomic E-state index is 14.4. The van der Waals surface area contributed by atoms with Crippen LogP contribution in [0.4, 0.5) is 30.7 Å². The Balaban J connectivity index is 1.58. The number of carbonyl (C=O) groups excluding carboxylic acids is 1. The molecular formula is C33H23F7N2O3. The van der Waals surface area contributed by atoms with Crippen LogP contribution >= 0.6 is 0 Å². The van der Waals surface area contributed by atoms with Gasteiger partial charge in [-0.1, -0.05) is 30.3 Å². The van der Waals surface area contributed by atoms with Crippen molar-refractivity contribution in [1.29, 1.82) is 0 Å². The largest absolute Gasteiger partial charge is 0.478 e. The molecule has 5 aromatic rings. The molecule has 1 heterocycles. The van der Waals surface area contributed by atoms with Gasteiger partial charge in [-0.2, -0.15) is 26.3 Å². The number of hydrogen-bond acceptors (Lipinski definition) is 2. The molecule has 0 bridgehead atoms. The van der Waals surface area contributed by atoms with Crippen molar-refractivity contribution in [3.63, 3.8) is 0 Å². The highest BCUT2D eigenvalue weighted by molar-refractivity contribution is 6.10. The molecule has 1 aromatic heterocycles. The minimum absolute atomic E-state index is 0.00846. The van der Waals surface area contributed by atoms with Gasteiger partial charge in [0.15, 0.2) is 0 Å². The summed E-state index contributed by atoms with van der Waals surface area (Å²) in [6.07, 6.45) is -7.81. The van der Waals surface area contributed by atoms with Crippen LogP contribution in [0.5, 0.6) is 0 Å². The van der Waals surface area contributed by atoms with E-state index in [4.69, 9.17) is 5.11 Å². The second-order valence-electron chi connectivity index (χ2n) is 10.4. The van der Waals surface area contributed by atoms with Crippen LogP contribution in [0.2, 0.25) is 0 Å². The highest BCUT2D eigenvalue weighted by Crippen LogP contribution is 2.37. The maximum Gasteiger partial charge on any atom is 0.416 e. The zero-order valence-corrected chi connectivity index (χ0v) is 23.3. The number of fused-ring (bicyclic) bond motifs is 1. The number of carboxylic acid groups (broad SMARTS) is 1. The molecule has 0 radical (unpaired) electrons. The third-order valence-electron chi connectivity index (χ3n) is 7.35. The average molecular weight is 629 g/mol. The van der Waals surface area contributed by atoms with Gasteiger partial charge >= 0.3 is 18.3 Å². The normalized spacial score (nSPS) is 12.7. The van der Waals surface area contributed by atoms with Gasteiger partial charge in [0.1, 0.15) is 5.82 Å². The number of benzene rings is 4. The number of nitrogens with one attached hydrogen (secondary N) is 1. The lowest BCUT2D eigenvalue weighted by atomic mass is 9.96. The van der Waals surface area contributed by atoms with Crippen LogP contribution in [-0.4, -0.2) is 21.6 Å². The van der Waals surface area contributed by atoms with Crippen LogP contribution < -0.4 is 5.32 Å². The van der Waals surface area contributed by atoms with Gasteiger partial charge in [-0.05, 0) is 83.8 Å². The highest BCUT2D eigenvalue weighted by Gasteiger charge is 2.32. The summed E-state index contributed by atoms with van der Waals surface area (Å²) in [5, 5.41) is 12.3. The number of aromatic nitrogens is 1. The minimum Gasteiger partial charge on any atom is -0.478 e. The Labute approximate surface area is 251 Å². The van der Waals surface area contributed by atoms with E-state index in [0.29, 0.717) is 22.6 Å². The molecule has 1 amide bonds. The summed E-state index contributed by atoms with van der Waals surface area (Å²) in [6, 6.07) is 16.1. The second-order valence-corrected chi connectivity index (χ2v) is 10.4. The van der Waals surface area contributed by atoms with E-state index in [2.05, 4.69) is 5.32 Å². The van der Waals surface area contributed by atoms with E-state index in [-0.39, 0.29) is 34.3 Å². The molecule has 0 aliphatic heterocycles. The van der Waals surface area contributed by atoms with Crippen molar-refractivity contribution in [2.75, 3.05) is 0 Å². The number of aromatic carboxylic acids is 1. The van der Waals surface area contributed by atoms with Crippen LogP contribution in [-0.2, 0) is 18.9 Å². The van der Waals surface area contributed by atoms with Gasteiger partial charge in [-0.15, -0.1) is 0 Å². The van der Waals surface area contributed by atoms with E-state index in [1.807, 2.05) is 0 Å². The number of alkyl halides is 6. The molecule has 0 aliphatic carbocycles. The molecule has 0 saturated heterocycles. The Hall–Kier alpha value is -5.13. The zero-order valence-electron chi connectivity index (χ0n) is 23.3. The van der Waals surface area contributed by atoms with Gasteiger partial charge in [0.25, 0.3) is 5.91 Å². The number of halogens is 7. The number of rotatable bonds is 7. The van der Waals surface area contributed by atoms with E-state index in [1.165, 1.54) is 42.5 Å². The van der Waals surface area contributed by atoms with Crippen molar-refractivity contribution < 1.29 is 45.4 Å². The van der Waals surface area contributed by atoms with Crippen molar-refractivity contribution in [3.8, 4) is 11.1 Å².